The van der Waals surface area contributed by atoms with Gasteiger partial charge in [-0.25, -0.2) is 0 Å². The Morgan fingerprint density at radius 2 is 2.40 bits per heavy atom. The number of nitrogens with zero attached hydrogens (tertiary/aromatic N) is 1. The topological polar surface area (TPSA) is 38.5 Å². The van der Waals surface area contributed by atoms with E-state index in [-0.39, 0.29) is 6.04 Å². The van der Waals surface area contributed by atoms with Crippen LogP contribution in [0, 0.1) is 0 Å². The van der Waals surface area contributed by atoms with Crippen LogP contribution in [-0.2, 0) is 4.74 Å². The van der Waals surface area contributed by atoms with Crippen molar-refractivity contribution < 1.29 is 4.74 Å². The minimum atomic E-state index is 0.202. The summed E-state index contributed by atoms with van der Waals surface area (Å²) in [6.07, 6.45) is 3.80. The van der Waals surface area contributed by atoms with E-state index in [2.05, 4.69) is 18.7 Å². The summed E-state index contributed by atoms with van der Waals surface area (Å²) in [4.78, 5) is 2.91. The second kappa shape index (κ2) is 6.40. The minimum absolute atomic E-state index is 0.202. The highest BCUT2D eigenvalue weighted by atomic mass is 32.1. The number of thiocarbonyl (C=S) groups is 1. The van der Waals surface area contributed by atoms with Gasteiger partial charge in [-0.3, -0.25) is 4.90 Å². The SMILES string of the molecule is CCCOC1CCCN(C(C)C(N)=S)C1. The lowest BCUT2D eigenvalue weighted by Gasteiger charge is -2.36. The van der Waals surface area contributed by atoms with Crippen molar-refractivity contribution in [3.8, 4) is 0 Å². The summed E-state index contributed by atoms with van der Waals surface area (Å²) in [5.41, 5.74) is 5.66. The zero-order chi connectivity index (χ0) is 11.3. The van der Waals surface area contributed by atoms with Crippen LogP contribution in [-0.4, -0.2) is 41.7 Å². The Morgan fingerprint density at radius 3 is 3.00 bits per heavy atom. The van der Waals surface area contributed by atoms with Gasteiger partial charge >= 0.3 is 0 Å². The third kappa shape index (κ3) is 4.05. The molecule has 0 spiro atoms. The molecule has 0 aromatic carbocycles. The second-order valence-corrected chi connectivity index (χ2v) is 4.68. The van der Waals surface area contributed by atoms with Crippen molar-refractivity contribution in [2.24, 2.45) is 5.73 Å². The molecule has 0 amide bonds. The van der Waals surface area contributed by atoms with Crippen LogP contribution in [0.5, 0.6) is 0 Å². The number of hydrogen-bond donors (Lipinski definition) is 1. The van der Waals surface area contributed by atoms with Crippen LogP contribution in [0.25, 0.3) is 0 Å². The lowest BCUT2D eigenvalue weighted by atomic mass is 10.1. The first-order valence-corrected chi connectivity index (χ1v) is 6.21. The molecule has 0 bridgehead atoms. The van der Waals surface area contributed by atoms with Crippen LogP contribution in [0.4, 0.5) is 0 Å². The summed E-state index contributed by atoms with van der Waals surface area (Å²) in [5, 5.41) is 0. The summed E-state index contributed by atoms with van der Waals surface area (Å²) in [6.45, 7) is 7.13. The fourth-order valence-electron chi connectivity index (χ4n) is 1.92. The van der Waals surface area contributed by atoms with E-state index in [0.717, 1.165) is 26.1 Å². The van der Waals surface area contributed by atoms with Gasteiger partial charge in [-0.2, -0.15) is 0 Å². The highest BCUT2D eigenvalue weighted by Crippen LogP contribution is 2.15. The number of nitrogens with two attached hydrogens (primary N) is 1. The zero-order valence-corrected chi connectivity index (χ0v) is 10.6. The molecule has 1 aliphatic heterocycles. The van der Waals surface area contributed by atoms with Crippen molar-refractivity contribution >= 4 is 17.2 Å². The van der Waals surface area contributed by atoms with Crippen LogP contribution in [0.1, 0.15) is 33.1 Å². The van der Waals surface area contributed by atoms with Gasteiger partial charge in [0.25, 0.3) is 0 Å². The third-order valence-corrected chi connectivity index (χ3v) is 3.27. The second-order valence-electron chi connectivity index (χ2n) is 4.21. The number of rotatable bonds is 5. The van der Waals surface area contributed by atoms with Gasteiger partial charge in [0, 0.05) is 13.2 Å². The number of piperidine rings is 1. The highest BCUT2D eigenvalue weighted by molar-refractivity contribution is 7.80. The molecule has 1 heterocycles. The van der Waals surface area contributed by atoms with Crippen molar-refractivity contribution in [3.63, 3.8) is 0 Å². The smallest absolute Gasteiger partial charge is 0.0899 e. The predicted octanol–water partition coefficient (Wildman–Crippen LogP) is 1.55. The Morgan fingerprint density at radius 1 is 1.67 bits per heavy atom. The van der Waals surface area contributed by atoms with E-state index in [4.69, 9.17) is 22.7 Å². The van der Waals surface area contributed by atoms with E-state index >= 15 is 0 Å². The quantitative estimate of drug-likeness (QED) is 0.727. The molecule has 0 saturated carbocycles. The molecule has 15 heavy (non-hydrogen) atoms. The van der Waals surface area contributed by atoms with Crippen LogP contribution in [0.15, 0.2) is 0 Å². The van der Waals surface area contributed by atoms with Crippen LogP contribution in [0.3, 0.4) is 0 Å². The molecule has 3 nitrogen and oxygen atoms in total. The maximum absolute atomic E-state index is 5.77. The van der Waals surface area contributed by atoms with E-state index in [1.807, 2.05) is 0 Å². The standard InChI is InChI=1S/C11H22N2OS/c1-3-7-14-10-5-4-6-13(8-10)9(2)11(12)15/h9-10H,3-8H2,1-2H3,(H2,12,15). The van der Waals surface area contributed by atoms with Crippen LogP contribution >= 0.6 is 12.2 Å². The molecule has 0 aromatic rings. The first-order chi connectivity index (χ1) is 7.15. The summed E-state index contributed by atoms with van der Waals surface area (Å²) in [5.74, 6) is 0. The number of likely N-dealkylation sites (tertiary alicyclic amines) is 1. The van der Waals surface area contributed by atoms with Gasteiger partial charge in [0.05, 0.1) is 17.1 Å². The molecule has 1 aliphatic rings. The Balaban J connectivity index is 2.38. The Hall–Kier alpha value is -0.190. The summed E-state index contributed by atoms with van der Waals surface area (Å²) in [7, 11) is 0. The van der Waals surface area contributed by atoms with Gasteiger partial charge in [0.2, 0.25) is 0 Å². The van der Waals surface area contributed by atoms with Gasteiger partial charge in [-0.15, -0.1) is 0 Å². The Bertz CT molecular complexity index is 211. The molecule has 1 rings (SSSR count). The lowest BCUT2D eigenvalue weighted by Crippen LogP contribution is -2.49. The molecule has 4 heteroatoms. The van der Waals surface area contributed by atoms with Gasteiger partial charge in [-0.1, -0.05) is 19.1 Å². The van der Waals surface area contributed by atoms with E-state index in [1.54, 1.807) is 0 Å². The monoisotopic (exact) mass is 230 g/mol. The molecule has 1 fully saturated rings. The van der Waals surface area contributed by atoms with Gasteiger partial charge in [0.15, 0.2) is 0 Å². The summed E-state index contributed by atoms with van der Waals surface area (Å²) in [6, 6.07) is 0.202. The molecule has 2 atom stereocenters. The number of hydrogen-bond acceptors (Lipinski definition) is 3. The maximum Gasteiger partial charge on any atom is 0.0899 e. The molecule has 1 saturated heterocycles. The van der Waals surface area contributed by atoms with Crippen molar-refractivity contribution in [2.45, 2.75) is 45.3 Å². The summed E-state index contributed by atoms with van der Waals surface area (Å²) < 4.78 is 5.77. The van der Waals surface area contributed by atoms with Crippen molar-refractivity contribution in [1.29, 1.82) is 0 Å². The lowest BCUT2D eigenvalue weighted by molar-refractivity contribution is -0.00347. The fourth-order valence-corrected chi connectivity index (χ4v) is 2.07. The van der Waals surface area contributed by atoms with Crippen molar-refractivity contribution in [2.75, 3.05) is 19.7 Å². The van der Waals surface area contributed by atoms with E-state index in [9.17, 15) is 0 Å². The van der Waals surface area contributed by atoms with E-state index in [0.29, 0.717) is 11.1 Å². The molecule has 2 unspecified atom stereocenters. The molecular formula is C11H22N2OS. The number of ether oxygens (including phenoxy) is 1. The average Bonchev–Trinajstić information content (AvgIpc) is 2.25. The van der Waals surface area contributed by atoms with E-state index < -0.39 is 0 Å². The molecule has 0 aromatic heterocycles. The van der Waals surface area contributed by atoms with Gasteiger partial charge < -0.3 is 10.5 Å². The van der Waals surface area contributed by atoms with Crippen LogP contribution in [0.2, 0.25) is 0 Å². The fraction of sp³-hybridized carbons (Fsp3) is 0.909. The molecular weight excluding hydrogens is 208 g/mol. The van der Waals surface area contributed by atoms with E-state index in [1.165, 1.54) is 12.8 Å². The first-order valence-electron chi connectivity index (χ1n) is 5.80. The molecule has 0 radical (unpaired) electrons. The Labute approximate surface area is 98.0 Å². The van der Waals surface area contributed by atoms with Crippen LogP contribution < -0.4 is 5.73 Å². The van der Waals surface area contributed by atoms with Gasteiger partial charge in [0.1, 0.15) is 0 Å². The largest absolute Gasteiger partial charge is 0.392 e. The molecule has 2 N–H and O–H groups in total. The van der Waals surface area contributed by atoms with Crippen molar-refractivity contribution in [3.05, 3.63) is 0 Å². The molecule has 0 aliphatic carbocycles. The van der Waals surface area contributed by atoms with Gasteiger partial charge in [-0.05, 0) is 32.7 Å². The predicted molar refractivity (Wildman–Crippen MR) is 67.1 cm³/mol. The maximum atomic E-state index is 5.77. The Kier molecular flexibility index (Phi) is 5.50. The highest BCUT2D eigenvalue weighted by Gasteiger charge is 2.24. The van der Waals surface area contributed by atoms with Crippen molar-refractivity contribution in [1.82, 2.24) is 4.90 Å². The summed E-state index contributed by atoms with van der Waals surface area (Å²) >= 11 is 5.02. The zero-order valence-electron chi connectivity index (χ0n) is 9.74. The molecule has 88 valence electrons. The average molecular weight is 230 g/mol. The first kappa shape index (κ1) is 12.9. The third-order valence-electron chi connectivity index (χ3n) is 2.93. The minimum Gasteiger partial charge on any atom is -0.392 e. The normalized spacial score (nSPS) is 25.1.